The zero-order chi connectivity index (χ0) is 16.9. The van der Waals surface area contributed by atoms with E-state index in [0.29, 0.717) is 25.9 Å². The number of nitrogens with one attached hydrogen (secondary N) is 1. The highest BCUT2D eigenvalue weighted by molar-refractivity contribution is 5.87. The van der Waals surface area contributed by atoms with Crippen molar-refractivity contribution in [2.45, 2.75) is 19.3 Å². The summed E-state index contributed by atoms with van der Waals surface area (Å²) >= 11 is 0. The molecule has 1 fully saturated rings. The Labute approximate surface area is 125 Å². The fourth-order valence-corrected chi connectivity index (χ4v) is 2.98. The second kappa shape index (κ2) is 7.74. The minimum absolute atomic E-state index is 0.403. The van der Waals surface area contributed by atoms with Crippen molar-refractivity contribution in [2.24, 2.45) is 23.7 Å². The highest BCUT2D eigenvalue weighted by atomic mass is 16.4. The van der Waals surface area contributed by atoms with E-state index in [-0.39, 0.29) is 0 Å². The van der Waals surface area contributed by atoms with Crippen LogP contribution in [-0.4, -0.2) is 57.4 Å². The molecule has 0 aliphatic carbocycles. The van der Waals surface area contributed by atoms with E-state index in [4.69, 9.17) is 10.2 Å². The van der Waals surface area contributed by atoms with Crippen LogP contribution in [0.25, 0.3) is 0 Å². The number of carbonyl (C=O) groups is 4. The van der Waals surface area contributed by atoms with E-state index in [9.17, 15) is 29.4 Å². The van der Waals surface area contributed by atoms with Crippen molar-refractivity contribution in [1.82, 2.24) is 5.32 Å². The Morgan fingerprint density at radius 1 is 0.909 bits per heavy atom. The van der Waals surface area contributed by atoms with Crippen LogP contribution in [0.5, 0.6) is 0 Å². The van der Waals surface area contributed by atoms with Gasteiger partial charge in [0.25, 0.3) is 0 Å². The van der Waals surface area contributed by atoms with E-state index in [1.165, 1.54) is 0 Å². The summed E-state index contributed by atoms with van der Waals surface area (Å²) in [5.41, 5.74) is 0. The summed E-state index contributed by atoms with van der Waals surface area (Å²) in [5.74, 6) is -11.6. The quantitative estimate of drug-likeness (QED) is 0.399. The van der Waals surface area contributed by atoms with E-state index in [1.54, 1.807) is 0 Å². The molecular weight excluding hydrogens is 298 g/mol. The van der Waals surface area contributed by atoms with Crippen molar-refractivity contribution in [1.29, 1.82) is 0 Å². The van der Waals surface area contributed by atoms with Crippen molar-refractivity contribution in [3.05, 3.63) is 0 Å². The summed E-state index contributed by atoms with van der Waals surface area (Å²) in [6, 6.07) is 0. The average Bonchev–Trinajstić information content (AvgIpc) is 2.42. The lowest BCUT2D eigenvalue weighted by atomic mass is 9.71. The summed E-state index contributed by atoms with van der Waals surface area (Å²) < 4.78 is 0. The molecule has 3 atom stereocenters. The van der Waals surface area contributed by atoms with Crippen molar-refractivity contribution >= 4 is 23.9 Å². The van der Waals surface area contributed by atoms with Gasteiger partial charge < -0.3 is 25.7 Å². The van der Waals surface area contributed by atoms with Crippen molar-refractivity contribution in [3.8, 4) is 0 Å². The van der Waals surface area contributed by atoms with Gasteiger partial charge in [-0.3, -0.25) is 19.2 Å². The Morgan fingerprint density at radius 2 is 1.45 bits per heavy atom. The highest BCUT2D eigenvalue weighted by Crippen LogP contribution is 2.35. The molecule has 0 aromatic heterocycles. The molecule has 9 nitrogen and oxygen atoms in total. The third-order valence-corrected chi connectivity index (χ3v) is 3.99. The maximum absolute atomic E-state index is 11.5. The van der Waals surface area contributed by atoms with Crippen LogP contribution in [0.1, 0.15) is 19.3 Å². The van der Waals surface area contributed by atoms with E-state index in [0.717, 1.165) is 0 Å². The first-order chi connectivity index (χ1) is 10.3. The Kier molecular flexibility index (Phi) is 6.29. The number of rotatable bonds is 8. The van der Waals surface area contributed by atoms with Gasteiger partial charge in [-0.25, -0.2) is 0 Å². The normalized spacial score (nSPS) is 19.8. The molecule has 0 saturated carbocycles. The summed E-state index contributed by atoms with van der Waals surface area (Å²) in [6.45, 7) is 1.02. The SMILES string of the molecule is O=C(O)CC(C(=O)O)C(C(=O)O)C(C(=O)O)C1CCNCC1. The molecule has 1 aliphatic rings. The second-order valence-electron chi connectivity index (χ2n) is 5.36. The minimum atomic E-state index is -1.79. The second-order valence-corrected chi connectivity index (χ2v) is 5.36. The molecule has 1 heterocycles. The molecule has 0 spiro atoms. The minimum Gasteiger partial charge on any atom is -0.481 e. The number of hydrogen-bond donors (Lipinski definition) is 5. The highest BCUT2D eigenvalue weighted by Gasteiger charge is 2.47. The van der Waals surface area contributed by atoms with Gasteiger partial charge >= 0.3 is 23.9 Å². The van der Waals surface area contributed by atoms with Gasteiger partial charge in [0.15, 0.2) is 0 Å². The lowest BCUT2D eigenvalue weighted by molar-refractivity contribution is -0.166. The lowest BCUT2D eigenvalue weighted by Crippen LogP contribution is -2.45. The number of carboxylic acids is 4. The van der Waals surface area contributed by atoms with Gasteiger partial charge in [-0.05, 0) is 31.8 Å². The molecule has 0 amide bonds. The van der Waals surface area contributed by atoms with E-state index < -0.39 is 54.0 Å². The van der Waals surface area contributed by atoms with E-state index >= 15 is 0 Å². The number of carboxylic acid groups (broad SMARTS) is 4. The van der Waals surface area contributed by atoms with Crippen LogP contribution in [-0.2, 0) is 19.2 Å². The molecule has 5 N–H and O–H groups in total. The summed E-state index contributed by atoms with van der Waals surface area (Å²) in [5, 5.41) is 39.6. The summed E-state index contributed by atoms with van der Waals surface area (Å²) in [6.07, 6.45) is -0.124. The summed E-state index contributed by atoms with van der Waals surface area (Å²) in [7, 11) is 0. The standard InChI is InChI=1S/C13H19NO8/c15-8(16)5-7(11(17)18)10(13(21)22)9(12(19)20)6-1-3-14-4-2-6/h6-7,9-10,14H,1-5H2,(H,15,16)(H,17,18)(H,19,20)(H,21,22). The molecule has 1 saturated heterocycles. The van der Waals surface area contributed by atoms with Crippen LogP contribution in [0.2, 0.25) is 0 Å². The molecule has 0 aromatic rings. The lowest BCUT2D eigenvalue weighted by Gasteiger charge is -2.33. The summed E-state index contributed by atoms with van der Waals surface area (Å²) in [4.78, 5) is 45.1. The molecule has 0 bridgehead atoms. The fourth-order valence-electron chi connectivity index (χ4n) is 2.98. The largest absolute Gasteiger partial charge is 0.481 e. The van der Waals surface area contributed by atoms with Crippen LogP contribution in [0.4, 0.5) is 0 Å². The molecule has 0 radical (unpaired) electrons. The third kappa shape index (κ3) is 4.42. The first-order valence-electron chi connectivity index (χ1n) is 6.86. The van der Waals surface area contributed by atoms with Crippen LogP contribution < -0.4 is 5.32 Å². The number of aliphatic carboxylic acids is 4. The number of piperidine rings is 1. The molecule has 1 aliphatic heterocycles. The first-order valence-corrected chi connectivity index (χ1v) is 6.86. The molecule has 124 valence electrons. The Bertz CT molecular complexity index is 457. The molecule has 3 unspecified atom stereocenters. The van der Waals surface area contributed by atoms with Gasteiger partial charge in [-0.1, -0.05) is 0 Å². The van der Waals surface area contributed by atoms with Crippen molar-refractivity contribution < 1.29 is 39.6 Å². The Hall–Kier alpha value is -2.16. The van der Waals surface area contributed by atoms with Gasteiger partial charge in [0, 0.05) is 0 Å². The fraction of sp³-hybridized carbons (Fsp3) is 0.692. The monoisotopic (exact) mass is 317 g/mol. The van der Waals surface area contributed by atoms with Gasteiger partial charge in [0.2, 0.25) is 0 Å². The van der Waals surface area contributed by atoms with Crippen molar-refractivity contribution in [3.63, 3.8) is 0 Å². The zero-order valence-corrected chi connectivity index (χ0v) is 11.8. The smallest absolute Gasteiger partial charge is 0.308 e. The molecule has 22 heavy (non-hydrogen) atoms. The average molecular weight is 317 g/mol. The molecule has 9 heteroatoms. The van der Waals surface area contributed by atoms with Crippen LogP contribution in [0.3, 0.4) is 0 Å². The molecular formula is C13H19NO8. The predicted molar refractivity (Wildman–Crippen MR) is 71.2 cm³/mol. The zero-order valence-electron chi connectivity index (χ0n) is 11.8. The van der Waals surface area contributed by atoms with Crippen LogP contribution in [0.15, 0.2) is 0 Å². The molecule has 0 aromatic carbocycles. The number of hydrogen-bond acceptors (Lipinski definition) is 5. The maximum Gasteiger partial charge on any atom is 0.308 e. The van der Waals surface area contributed by atoms with Crippen LogP contribution in [0, 0.1) is 23.7 Å². The topological polar surface area (TPSA) is 161 Å². The van der Waals surface area contributed by atoms with Crippen molar-refractivity contribution in [2.75, 3.05) is 13.1 Å². The first kappa shape index (κ1) is 17.9. The van der Waals surface area contributed by atoms with Crippen LogP contribution >= 0.6 is 0 Å². The van der Waals surface area contributed by atoms with Gasteiger partial charge in [-0.15, -0.1) is 0 Å². The maximum atomic E-state index is 11.5. The Morgan fingerprint density at radius 3 is 1.82 bits per heavy atom. The third-order valence-electron chi connectivity index (χ3n) is 3.99. The predicted octanol–water partition coefficient (Wildman–Crippen LogP) is -0.437. The molecule has 1 rings (SSSR count). The van der Waals surface area contributed by atoms with Gasteiger partial charge in [-0.2, -0.15) is 0 Å². The van der Waals surface area contributed by atoms with E-state index in [2.05, 4.69) is 5.32 Å². The van der Waals surface area contributed by atoms with E-state index in [1.807, 2.05) is 0 Å². The van der Waals surface area contributed by atoms with Gasteiger partial charge in [0.05, 0.1) is 24.2 Å². The van der Waals surface area contributed by atoms with Gasteiger partial charge in [0.1, 0.15) is 0 Å². The Balaban J connectivity index is 3.15.